The summed E-state index contributed by atoms with van der Waals surface area (Å²) in [5.74, 6) is 1.00. The summed E-state index contributed by atoms with van der Waals surface area (Å²) >= 11 is 0. The molecule has 2 unspecified atom stereocenters. The highest BCUT2D eigenvalue weighted by atomic mass is 16.5. The van der Waals surface area contributed by atoms with E-state index in [4.69, 9.17) is 4.74 Å². The Morgan fingerprint density at radius 3 is 2.62 bits per heavy atom. The van der Waals surface area contributed by atoms with Gasteiger partial charge in [0.15, 0.2) is 0 Å². The first-order valence-corrected chi connectivity index (χ1v) is 10.2. The van der Waals surface area contributed by atoms with Gasteiger partial charge in [-0.25, -0.2) is 0 Å². The zero-order valence-electron chi connectivity index (χ0n) is 17.3. The molecule has 3 rings (SSSR count). The number of rotatable bonds is 5. The molecule has 1 heterocycles. The summed E-state index contributed by atoms with van der Waals surface area (Å²) in [6.07, 6.45) is 7.62. The fraction of sp³-hybridized carbons (Fsp3) is 0.435. The average molecular weight is 396 g/mol. The van der Waals surface area contributed by atoms with E-state index in [1.807, 2.05) is 13.0 Å². The van der Waals surface area contributed by atoms with Gasteiger partial charge in [-0.2, -0.15) is 0 Å². The predicted molar refractivity (Wildman–Crippen MR) is 113 cm³/mol. The predicted octanol–water partition coefficient (Wildman–Crippen LogP) is 4.45. The number of nitrogens with one attached hydrogen (secondary N) is 2. The first-order valence-electron chi connectivity index (χ1n) is 10.2. The van der Waals surface area contributed by atoms with Crippen LogP contribution >= 0.6 is 0 Å². The number of aromatic nitrogens is 1. The number of nitrogens with zero attached hydrogens (tertiary/aromatic N) is 1. The maximum atomic E-state index is 12.4. The summed E-state index contributed by atoms with van der Waals surface area (Å²) in [6.45, 7) is 6.23. The lowest BCUT2D eigenvalue weighted by Gasteiger charge is -2.34. The van der Waals surface area contributed by atoms with Gasteiger partial charge in [0.2, 0.25) is 0 Å². The summed E-state index contributed by atoms with van der Waals surface area (Å²) in [6, 6.07) is 8.97. The molecule has 2 aromatic rings. The normalized spacial score (nSPS) is 18.9. The zero-order chi connectivity index (χ0) is 20.8. The molecule has 6 nitrogen and oxygen atoms in total. The van der Waals surface area contributed by atoms with Gasteiger partial charge in [-0.1, -0.05) is 26.7 Å². The number of pyridine rings is 1. The number of ether oxygens (including phenoxy) is 1. The van der Waals surface area contributed by atoms with Crippen LogP contribution in [0.15, 0.2) is 42.7 Å². The Morgan fingerprint density at radius 2 is 1.93 bits per heavy atom. The SMILES string of the molecule is Cc1cc(NC(=O)C(=O)NC2CCCCC2C(C)C)ccc1Oc1cccnc1. The highest BCUT2D eigenvalue weighted by molar-refractivity contribution is 6.39. The van der Waals surface area contributed by atoms with Crippen LogP contribution in [-0.2, 0) is 9.59 Å². The Bertz CT molecular complexity index is 852. The molecule has 2 atom stereocenters. The number of amides is 2. The number of hydrogen-bond acceptors (Lipinski definition) is 4. The smallest absolute Gasteiger partial charge is 0.313 e. The summed E-state index contributed by atoms with van der Waals surface area (Å²) in [7, 11) is 0. The monoisotopic (exact) mass is 395 g/mol. The third kappa shape index (κ3) is 5.56. The van der Waals surface area contributed by atoms with Crippen molar-refractivity contribution in [1.82, 2.24) is 10.3 Å². The number of hydrogen-bond donors (Lipinski definition) is 2. The van der Waals surface area contributed by atoms with E-state index in [1.165, 1.54) is 6.42 Å². The van der Waals surface area contributed by atoms with Crippen molar-refractivity contribution in [2.45, 2.75) is 52.5 Å². The standard InChI is InChI=1S/C23H29N3O3/c1-15(2)19-8-4-5-9-20(19)26-23(28)22(27)25-17-10-11-21(16(3)13-17)29-18-7-6-12-24-14-18/h6-7,10-15,19-20H,4-5,8-9H2,1-3H3,(H,25,27)(H,26,28). The molecule has 6 heteroatoms. The molecule has 1 fully saturated rings. The fourth-order valence-electron chi connectivity index (χ4n) is 3.93. The summed E-state index contributed by atoms with van der Waals surface area (Å²) < 4.78 is 5.80. The van der Waals surface area contributed by atoms with Crippen LogP contribution in [0.4, 0.5) is 5.69 Å². The Hall–Kier alpha value is -2.89. The molecular formula is C23H29N3O3. The van der Waals surface area contributed by atoms with E-state index in [2.05, 4.69) is 29.5 Å². The van der Waals surface area contributed by atoms with Crippen molar-refractivity contribution >= 4 is 17.5 Å². The number of aryl methyl sites for hydroxylation is 1. The third-order valence-electron chi connectivity index (χ3n) is 5.49. The fourth-order valence-corrected chi connectivity index (χ4v) is 3.93. The van der Waals surface area contributed by atoms with Crippen LogP contribution in [0.25, 0.3) is 0 Å². The minimum Gasteiger partial charge on any atom is -0.455 e. The van der Waals surface area contributed by atoms with Crippen LogP contribution in [0.1, 0.15) is 45.1 Å². The highest BCUT2D eigenvalue weighted by Crippen LogP contribution is 2.30. The minimum absolute atomic E-state index is 0.0685. The van der Waals surface area contributed by atoms with E-state index in [-0.39, 0.29) is 6.04 Å². The topological polar surface area (TPSA) is 80.3 Å². The molecule has 29 heavy (non-hydrogen) atoms. The van der Waals surface area contributed by atoms with Gasteiger partial charge < -0.3 is 15.4 Å². The lowest BCUT2D eigenvalue weighted by atomic mass is 9.78. The quantitative estimate of drug-likeness (QED) is 0.733. The average Bonchev–Trinajstić information content (AvgIpc) is 2.71. The molecular weight excluding hydrogens is 366 g/mol. The highest BCUT2D eigenvalue weighted by Gasteiger charge is 2.30. The van der Waals surface area contributed by atoms with Crippen LogP contribution in [0, 0.1) is 18.8 Å². The molecule has 0 radical (unpaired) electrons. The summed E-state index contributed by atoms with van der Waals surface area (Å²) in [4.78, 5) is 28.8. The first-order chi connectivity index (χ1) is 13.9. The molecule has 0 aliphatic heterocycles. The minimum atomic E-state index is -0.640. The van der Waals surface area contributed by atoms with E-state index >= 15 is 0 Å². The van der Waals surface area contributed by atoms with E-state index < -0.39 is 11.8 Å². The molecule has 154 valence electrons. The Morgan fingerprint density at radius 1 is 1.14 bits per heavy atom. The summed E-state index contributed by atoms with van der Waals surface area (Å²) in [5.41, 5.74) is 1.41. The van der Waals surface area contributed by atoms with Crippen LogP contribution in [0.3, 0.4) is 0 Å². The van der Waals surface area contributed by atoms with Gasteiger partial charge in [0.25, 0.3) is 0 Å². The van der Waals surface area contributed by atoms with E-state index in [0.29, 0.717) is 29.0 Å². The van der Waals surface area contributed by atoms with Gasteiger partial charge in [0, 0.05) is 17.9 Å². The van der Waals surface area contributed by atoms with E-state index in [9.17, 15) is 9.59 Å². The van der Waals surface area contributed by atoms with Crippen molar-refractivity contribution in [2.75, 3.05) is 5.32 Å². The van der Waals surface area contributed by atoms with Gasteiger partial charge in [-0.3, -0.25) is 14.6 Å². The van der Waals surface area contributed by atoms with Gasteiger partial charge in [0.1, 0.15) is 11.5 Å². The van der Waals surface area contributed by atoms with E-state index in [0.717, 1.165) is 24.8 Å². The molecule has 0 saturated heterocycles. The zero-order valence-corrected chi connectivity index (χ0v) is 17.3. The number of carbonyl (C=O) groups is 2. The summed E-state index contributed by atoms with van der Waals surface area (Å²) in [5, 5.41) is 5.63. The van der Waals surface area contributed by atoms with Crippen molar-refractivity contribution in [2.24, 2.45) is 11.8 Å². The van der Waals surface area contributed by atoms with Crippen molar-refractivity contribution in [3.63, 3.8) is 0 Å². The molecule has 1 aromatic heterocycles. The van der Waals surface area contributed by atoms with Crippen LogP contribution < -0.4 is 15.4 Å². The molecule has 1 aliphatic carbocycles. The van der Waals surface area contributed by atoms with Crippen molar-refractivity contribution in [3.05, 3.63) is 48.3 Å². The van der Waals surface area contributed by atoms with Crippen LogP contribution in [-0.4, -0.2) is 22.8 Å². The maximum absolute atomic E-state index is 12.4. The second-order valence-electron chi connectivity index (χ2n) is 8.00. The van der Waals surface area contributed by atoms with E-state index in [1.54, 1.807) is 36.7 Å². The van der Waals surface area contributed by atoms with Gasteiger partial charge in [-0.05, 0) is 67.5 Å². The van der Waals surface area contributed by atoms with Crippen molar-refractivity contribution < 1.29 is 14.3 Å². The lowest BCUT2D eigenvalue weighted by molar-refractivity contribution is -0.137. The first kappa shape index (κ1) is 20.8. The second-order valence-corrected chi connectivity index (χ2v) is 8.00. The van der Waals surface area contributed by atoms with Crippen LogP contribution in [0.5, 0.6) is 11.5 Å². The Kier molecular flexibility index (Phi) is 6.86. The molecule has 2 N–H and O–H groups in total. The van der Waals surface area contributed by atoms with Crippen molar-refractivity contribution in [3.8, 4) is 11.5 Å². The number of anilines is 1. The second kappa shape index (κ2) is 9.54. The number of carbonyl (C=O) groups excluding carboxylic acids is 2. The molecule has 1 saturated carbocycles. The molecule has 0 spiro atoms. The Labute approximate surface area is 172 Å². The maximum Gasteiger partial charge on any atom is 0.313 e. The van der Waals surface area contributed by atoms with Gasteiger partial charge >= 0.3 is 11.8 Å². The lowest BCUT2D eigenvalue weighted by Crippen LogP contribution is -2.47. The molecule has 2 amide bonds. The molecule has 1 aromatic carbocycles. The molecule has 0 bridgehead atoms. The van der Waals surface area contributed by atoms with Gasteiger partial charge in [-0.15, -0.1) is 0 Å². The van der Waals surface area contributed by atoms with Crippen molar-refractivity contribution in [1.29, 1.82) is 0 Å². The number of benzene rings is 1. The van der Waals surface area contributed by atoms with Gasteiger partial charge in [0.05, 0.1) is 6.20 Å². The molecule has 1 aliphatic rings. The largest absolute Gasteiger partial charge is 0.455 e. The van der Waals surface area contributed by atoms with Crippen LogP contribution in [0.2, 0.25) is 0 Å². The Balaban J connectivity index is 1.59. The third-order valence-corrected chi connectivity index (χ3v) is 5.49.